The van der Waals surface area contributed by atoms with Crippen LogP contribution < -0.4 is 5.32 Å². The van der Waals surface area contributed by atoms with E-state index < -0.39 is 0 Å². The summed E-state index contributed by atoms with van der Waals surface area (Å²) >= 11 is 3.58. The van der Waals surface area contributed by atoms with Gasteiger partial charge in [-0.15, -0.1) is 0 Å². The summed E-state index contributed by atoms with van der Waals surface area (Å²) in [7, 11) is 1.90. The Morgan fingerprint density at radius 3 is 2.56 bits per heavy atom. The topological polar surface area (TPSA) is 51.9 Å². The molecule has 0 atom stereocenters. The molecule has 2 aromatic carbocycles. The van der Waals surface area contributed by atoms with Gasteiger partial charge in [0.05, 0.1) is 4.47 Å². The van der Waals surface area contributed by atoms with Crippen molar-refractivity contribution in [3.8, 4) is 0 Å². The van der Waals surface area contributed by atoms with Gasteiger partial charge in [-0.3, -0.25) is 4.79 Å². The lowest BCUT2D eigenvalue weighted by molar-refractivity contribution is 0.101. The molecule has 1 N–H and O–H groups in total. The van der Waals surface area contributed by atoms with Gasteiger partial charge in [0.15, 0.2) is 0 Å². The first kappa shape index (κ1) is 17.5. The predicted molar refractivity (Wildman–Crippen MR) is 111 cm³/mol. The maximum Gasteiger partial charge on any atom is 0.273 e. The average molecular weight is 423 g/mol. The number of benzene rings is 2. The number of carbonyl (C=O) groups excluding carboxylic acids is 1. The molecule has 4 rings (SSSR count). The van der Waals surface area contributed by atoms with Gasteiger partial charge in [0.2, 0.25) is 0 Å². The molecule has 4 aromatic rings. The number of aryl methyl sites for hydroxylation is 2. The number of anilines is 1. The summed E-state index contributed by atoms with van der Waals surface area (Å²) in [6.07, 6.45) is 3.76. The molecule has 0 aliphatic rings. The number of hydrogen-bond acceptors (Lipinski definition) is 2. The lowest BCUT2D eigenvalue weighted by Crippen LogP contribution is -2.16. The van der Waals surface area contributed by atoms with Crippen LogP contribution in [-0.4, -0.2) is 20.0 Å². The number of halogens is 1. The molecule has 0 fully saturated rings. The van der Waals surface area contributed by atoms with E-state index in [9.17, 15) is 4.79 Å². The third-order valence-electron chi connectivity index (χ3n) is 4.75. The Bertz CT molecular complexity index is 1090. The summed E-state index contributed by atoms with van der Waals surface area (Å²) < 4.78 is 4.80. The van der Waals surface area contributed by atoms with Crippen LogP contribution in [0.25, 0.3) is 10.9 Å². The summed E-state index contributed by atoms with van der Waals surface area (Å²) in [5.74, 6) is 0.840. The minimum atomic E-state index is -0.140. The summed E-state index contributed by atoms with van der Waals surface area (Å²) in [5, 5.41) is 4.01. The molecule has 136 valence electrons. The second-order valence-electron chi connectivity index (χ2n) is 6.49. The highest BCUT2D eigenvalue weighted by molar-refractivity contribution is 9.10. The van der Waals surface area contributed by atoms with E-state index in [1.54, 1.807) is 6.20 Å². The molecule has 0 aliphatic heterocycles. The van der Waals surface area contributed by atoms with Crippen molar-refractivity contribution in [3.63, 3.8) is 0 Å². The molecule has 0 radical (unpaired) electrons. The number of aromatic nitrogens is 3. The highest BCUT2D eigenvalue weighted by atomic mass is 79.9. The van der Waals surface area contributed by atoms with Gasteiger partial charge in [0.1, 0.15) is 11.5 Å². The molecule has 2 aromatic heterocycles. The standard InChI is InChI=1S/C21H19BrN4O/c1-14-23-11-12-26(14)13-15-7-9-16(10-8-15)24-21(27)20-19(22)17-5-3-4-6-18(17)25(20)2/h3-12H,13H2,1-2H3,(H,24,27). The van der Waals surface area contributed by atoms with Crippen LogP contribution in [0.15, 0.2) is 65.4 Å². The fourth-order valence-corrected chi connectivity index (χ4v) is 4.03. The van der Waals surface area contributed by atoms with Gasteiger partial charge in [-0.25, -0.2) is 4.98 Å². The summed E-state index contributed by atoms with van der Waals surface area (Å²) in [6.45, 7) is 2.74. The van der Waals surface area contributed by atoms with Crippen LogP contribution in [0.3, 0.4) is 0 Å². The molecule has 0 saturated carbocycles. The molecule has 27 heavy (non-hydrogen) atoms. The normalized spacial score (nSPS) is 11.1. The zero-order chi connectivity index (χ0) is 19.0. The van der Waals surface area contributed by atoms with Gasteiger partial charge in [0.25, 0.3) is 5.91 Å². The van der Waals surface area contributed by atoms with Crippen LogP contribution >= 0.6 is 15.9 Å². The largest absolute Gasteiger partial charge is 0.339 e. The van der Waals surface area contributed by atoms with Crippen LogP contribution in [0.2, 0.25) is 0 Å². The lowest BCUT2D eigenvalue weighted by atomic mass is 10.2. The Morgan fingerprint density at radius 2 is 1.89 bits per heavy atom. The van der Waals surface area contributed by atoms with Crippen LogP contribution in [0, 0.1) is 6.92 Å². The fraction of sp³-hybridized carbons (Fsp3) is 0.143. The Hall–Kier alpha value is -2.86. The number of carbonyl (C=O) groups is 1. The number of imidazole rings is 1. The number of nitrogens with one attached hydrogen (secondary N) is 1. The Morgan fingerprint density at radius 1 is 1.15 bits per heavy atom. The summed E-state index contributed by atoms with van der Waals surface area (Å²) in [4.78, 5) is 17.1. The van der Waals surface area contributed by atoms with E-state index in [0.717, 1.165) is 39.0 Å². The Balaban J connectivity index is 1.54. The molecule has 2 heterocycles. The first-order valence-corrected chi connectivity index (χ1v) is 9.45. The average Bonchev–Trinajstić information content (AvgIpc) is 3.18. The number of amides is 1. The van der Waals surface area contributed by atoms with Crippen molar-refractivity contribution in [1.29, 1.82) is 0 Å². The molecule has 0 aliphatic carbocycles. The number of fused-ring (bicyclic) bond motifs is 1. The monoisotopic (exact) mass is 422 g/mol. The molecule has 0 saturated heterocycles. The van der Waals surface area contributed by atoms with E-state index in [0.29, 0.717) is 5.69 Å². The molecule has 0 spiro atoms. The molecule has 0 bridgehead atoms. The quantitative estimate of drug-likeness (QED) is 0.515. The van der Waals surface area contributed by atoms with Gasteiger partial charge >= 0.3 is 0 Å². The van der Waals surface area contributed by atoms with Crippen molar-refractivity contribution in [3.05, 3.63) is 82.5 Å². The van der Waals surface area contributed by atoms with Gasteiger partial charge in [-0.2, -0.15) is 0 Å². The van der Waals surface area contributed by atoms with Crippen molar-refractivity contribution in [2.24, 2.45) is 7.05 Å². The third kappa shape index (κ3) is 3.28. The minimum absolute atomic E-state index is 0.140. The SMILES string of the molecule is Cc1nccn1Cc1ccc(NC(=O)c2c(Br)c3ccccc3n2C)cc1. The predicted octanol–water partition coefficient (Wildman–Crippen LogP) is 4.75. The summed E-state index contributed by atoms with van der Waals surface area (Å²) in [5.41, 5.74) is 3.54. The zero-order valence-electron chi connectivity index (χ0n) is 15.1. The van der Waals surface area contributed by atoms with Crippen LogP contribution in [0.5, 0.6) is 0 Å². The molecule has 5 nitrogen and oxygen atoms in total. The van der Waals surface area contributed by atoms with Crippen molar-refractivity contribution in [1.82, 2.24) is 14.1 Å². The molecule has 0 unspecified atom stereocenters. The van der Waals surface area contributed by atoms with Crippen molar-refractivity contribution in [2.45, 2.75) is 13.5 Å². The third-order valence-corrected chi connectivity index (χ3v) is 5.55. The summed E-state index contributed by atoms with van der Waals surface area (Å²) in [6, 6.07) is 15.8. The highest BCUT2D eigenvalue weighted by Crippen LogP contribution is 2.30. The Labute approximate surface area is 165 Å². The number of rotatable bonds is 4. The van der Waals surface area contributed by atoms with E-state index in [1.165, 1.54) is 0 Å². The molecule has 6 heteroatoms. The van der Waals surface area contributed by atoms with Gasteiger partial charge in [0, 0.05) is 42.6 Å². The van der Waals surface area contributed by atoms with Gasteiger partial charge in [-0.05, 0) is 46.6 Å². The second-order valence-corrected chi connectivity index (χ2v) is 7.29. The number of hydrogen-bond donors (Lipinski definition) is 1. The second kappa shape index (κ2) is 7.04. The molecular formula is C21H19BrN4O. The van der Waals surface area contributed by atoms with Gasteiger partial charge in [-0.1, -0.05) is 30.3 Å². The maximum atomic E-state index is 12.8. The molecule has 1 amide bonds. The highest BCUT2D eigenvalue weighted by Gasteiger charge is 2.19. The van der Waals surface area contributed by atoms with Crippen LogP contribution in [-0.2, 0) is 13.6 Å². The van der Waals surface area contributed by atoms with Crippen molar-refractivity contribution in [2.75, 3.05) is 5.32 Å². The zero-order valence-corrected chi connectivity index (χ0v) is 16.7. The van der Waals surface area contributed by atoms with E-state index >= 15 is 0 Å². The Kier molecular flexibility index (Phi) is 4.58. The minimum Gasteiger partial charge on any atom is -0.339 e. The first-order valence-electron chi connectivity index (χ1n) is 8.65. The maximum absolute atomic E-state index is 12.8. The first-order chi connectivity index (χ1) is 13.0. The molecular weight excluding hydrogens is 404 g/mol. The number of nitrogens with zero attached hydrogens (tertiary/aromatic N) is 3. The number of para-hydroxylation sites is 1. The smallest absolute Gasteiger partial charge is 0.273 e. The fourth-order valence-electron chi connectivity index (χ4n) is 3.25. The lowest BCUT2D eigenvalue weighted by Gasteiger charge is -2.09. The van der Waals surface area contributed by atoms with E-state index in [2.05, 4.69) is 30.8 Å². The van der Waals surface area contributed by atoms with Gasteiger partial charge < -0.3 is 14.5 Å². The van der Waals surface area contributed by atoms with E-state index in [-0.39, 0.29) is 5.91 Å². The van der Waals surface area contributed by atoms with Crippen molar-refractivity contribution >= 4 is 38.4 Å². The van der Waals surface area contributed by atoms with Crippen LogP contribution in [0.1, 0.15) is 21.9 Å². The van der Waals surface area contributed by atoms with Crippen LogP contribution in [0.4, 0.5) is 5.69 Å². The van der Waals surface area contributed by atoms with E-state index in [4.69, 9.17) is 0 Å². The van der Waals surface area contributed by atoms with Crippen molar-refractivity contribution < 1.29 is 4.79 Å². The van der Waals surface area contributed by atoms with E-state index in [1.807, 2.05) is 73.3 Å².